The van der Waals surface area contributed by atoms with Crippen molar-refractivity contribution in [1.29, 1.82) is 5.26 Å². The second kappa shape index (κ2) is 4.75. The first kappa shape index (κ1) is 12.3. The first-order valence-corrected chi connectivity index (χ1v) is 6.50. The third kappa shape index (κ3) is 2.12. The number of hydrogen-bond donors (Lipinski definition) is 1. The predicted octanol–water partition coefficient (Wildman–Crippen LogP) is 3.22. The highest BCUT2D eigenvalue weighted by Crippen LogP contribution is 2.23. The van der Waals surface area contributed by atoms with Gasteiger partial charge in [0.25, 0.3) is 0 Å². The zero-order chi connectivity index (χ0) is 14.1. The van der Waals surface area contributed by atoms with Gasteiger partial charge in [-0.3, -0.25) is 0 Å². The van der Waals surface area contributed by atoms with Gasteiger partial charge in [-0.25, -0.2) is 0 Å². The van der Waals surface area contributed by atoms with Crippen molar-refractivity contribution in [3.8, 4) is 6.07 Å². The van der Waals surface area contributed by atoms with Gasteiger partial charge in [-0.1, -0.05) is 12.1 Å². The van der Waals surface area contributed by atoms with E-state index in [-0.39, 0.29) is 0 Å². The third-order valence-corrected chi connectivity index (χ3v) is 3.63. The number of anilines is 1. The molecule has 1 aromatic heterocycles. The van der Waals surface area contributed by atoms with Gasteiger partial charge < -0.3 is 10.3 Å². The van der Waals surface area contributed by atoms with Crippen molar-refractivity contribution in [3.05, 3.63) is 65.4 Å². The average Bonchev–Trinajstić information content (AvgIpc) is 2.75. The predicted molar refractivity (Wildman–Crippen MR) is 81.3 cm³/mol. The number of nitrogens with two attached hydrogens (primary N) is 1. The second-order valence-corrected chi connectivity index (χ2v) is 5.00. The van der Waals surface area contributed by atoms with Crippen molar-refractivity contribution < 1.29 is 0 Å². The lowest BCUT2D eigenvalue weighted by atomic mass is 10.1. The Balaban J connectivity index is 1.97. The summed E-state index contributed by atoms with van der Waals surface area (Å²) in [4.78, 5) is 0. The molecule has 0 saturated carbocycles. The largest absolute Gasteiger partial charge is 0.399 e. The van der Waals surface area contributed by atoms with Crippen LogP contribution in [0.4, 0.5) is 5.69 Å². The number of rotatable bonds is 2. The van der Waals surface area contributed by atoms with Crippen LogP contribution < -0.4 is 5.73 Å². The highest BCUT2D eigenvalue weighted by atomic mass is 14.9. The summed E-state index contributed by atoms with van der Waals surface area (Å²) in [6, 6.07) is 18.0. The molecule has 98 valence electrons. The minimum Gasteiger partial charge on any atom is -0.399 e. The monoisotopic (exact) mass is 261 g/mol. The van der Waals surface area contributed by atoms with Crippen LogP contribution >= 0.6 is 0 Å². The molecule has 0 spiro atoms. The zero-order valence-corrected chi connectivity index (χ0v) is 11.3. The van der Waals surface area contributed by atoms with Crippen LogP contribution in [0.2, 0.25) is 0 Å². The van der Waals surface area contributed by atoms with Crippen LogP contribution in [-0.4, -0.2) is 4.57 Å². The minimum atomic E-state index is 0.693. The van der Waals surface area contributed by atoms with Crippen molar-refractivity contribution in [2.75, 3.05) is 5.73 Å². The number of nitrogen functional groups attached to an aromatic ring is 1. The van der Waals surface area contributed by atoms with Crippen molar-refractivity contribution >= 4 is 16.6 Å². The van der Waals surface area contributed by atoms with Gasteiger partial charge in [-0.2, -0.15) is 5.26 Å². The molecule has 0 atom stereocenters. The quantitative estimate of drug-likeness (QED) is 0.720. The van der Waals surface area contributed by atoms with E-state index in [9.17, 15) is 0 Å². The summed E-state index contributed by atoms with van der Waals surface area (Å²) in [7, 11) is 2.07. The van der Waals surface area contributed by atoms with Crippen LogP contribution in [0.3, 0.4) is 0 Å². The Morgan fingerprint density at radius 3 is 2.55 bits per heavy atom. The smallest absolute Gasteiger partial charge is 0.0991 e. The topological polar surface area (TPSA) is 54.7 Å². The van der Waals surface area contributed by atoms with Crippen molar-refractivity contribution in [3.63, 3.8) is 0 Å². The fourth-order valence-electron chi connectivity index (χ4n) is 2.50. The molecule has 0 unspecified atom stereocenters. The Kier molecular flexibility index (Phi) is 2.92. The third-order valence-electron chi connectivity index (χ3n) is 3.63. The second-order valence-electron chi connectivity index (χ2n) is 5.00. The SMILES string of the molecule is Cn1c(Cc2ccc(C#N)cc2)cc2cc(N)ccc21. The van der Waals surface area contributed by atoms with Crippen LogP contribution in [0.15, 0.2) is 48.5 Å². The van der Waals surface area contributed by atoms with Crippen LogP contribution in [-0.2, 0) is 13.5 Å². The molecule has 0 radical (unpaired) electrons. The van der Waals surface area contributed by atoms with Crippen LogP contribution in [0.25, 0.3) is 10.9 Å². The lowest BCUT2D eigenvalue weighted by Crippen LogP contribution is -1.97. The van der Waals surface area contributed by atoms with Crippen LogP contribution in [0, 0.1) is 11.3 Å². The Morgan fingerprint density at radius 2 is 1.85 bits per heavy atom. The van der Waals surface area contributed by atoms with Gasteiger partial charge in [0.2, 0.25) is 0 Å². The van der Waals surface area contributed by atoms with E-state index in [0.29, 0.717) is 5.56 Å². The first-order chi connectivity index (χ1) is 9.67. The zero-order valence-electron chi connectivity index (χ0n) is 11.3. The summed E-state index contributed by atoms with van der Waals surface area (Å²) in [5, 5.41) is 9.98. The molecule has 0 saturated heterocycles. The molecule has 1 heterocycles. The van der Waals surface area contributed by atoms with Gasteiger partial charge in [-0.15, -0.1) is 0 Å². The molecule has 0 aliphatic heterocycles. The summed E-state index contributed by atoms with van der Waals surface area (Å²) in [5.41, 5.74) is 10.9. The number of hydrogen-bond acceptors (Lipinski definition) is 2. The number of benzene rings is 2. The summed E-state index contributed by atoms with van der Waals surface area (Å²) in [5.74, 6) is 0. The summed E-state index contributed by atoms with van der Waals surface area (Å²) < 4.78 is 2.19. The van der Waals surface area contributed by atoms with E-state index in [4.69, 9.17) is 11.0 Å². The fraction of sp³-hybridized carbons (Fsp3) is 0.118. The molecule has 3 nitrogen and oxygen atoms in total. The molecule has 3 heteroatoms. The van der Waals surface area contributed by atoms with Crippen molar-refractivity contribution in [1.82, 2.24) is 4.57 Å². The lowest BCUT2D eigenvalue weighted by Gasteiger charge is -2.04. The molecule has 0 aliphatic carbocycles. The highest BCUT2D eigenvalue weighted by Gasteiger charge is 2.06. The van der Waals surface area contributed by atoms with Gasteiger partial charge in [0.15, 0.2) is 0 Å². The molecule has 0 bridgehead atoms. The molecule has 3 aromatic rings. The minimum absolute atomic E-state index is 0.693. The summed E-state index contributed by atoms with van der Waals surface area (Å²) in [6.07, 6.45) is 0.844. The molecule has 2 aromatic carbocycles. The molecule has 3 rings (SSSR count). The number of nitrogens with zero attached hydrogens (tertiary/aromatic N) is 2. The number of nitriles is 1. The molecule has 0 aliphatic rings. The summed E-state index contributed by atoms with van der Waals surface area (Å²) in [6.45, 7) is 0. The van der Waals surface area contributed by atoms with E-state index in [1.54, 1.807) is 0 Å². The Labute approximate surface area is 117 Å². The standard InChI is InChI=1S/C17H15N3/c1-20-16(8-12-2-4-13(11-18)5-3-12)10-14-9-15(19)6-7-17(14)20/h2-7,9-10H,8,19H2,1H3. The Hall–Kier alpha value is -2.73. The number of fused-ring (bicyclic) bond motifs is 1. The lowest BCUT2D eigenvalue weighted by molar-refractivity contribution is 0.880. The Bertz CT molecular complexity index is 805. The van der Waals surface area contributed by atoms with Crippen LogP contribution in [0.5, 0.6) is 0 Å². The van der Waals surface area contributed by atoms with E-state index >= 15 is 0 Å². The maximum Gasteiger partial charge on any atom is 0.0991 e. The molecular formula is C17H15N3. The van der Waals surface area contributed by atoms with E-state index in [0.717, 1.165) is 17.5 Å². The van der Waals surface area contributed by atoms with E-state index in [1.165, 1.54) is 16.8 Å². The van der Waals surface area contributed by atoms with Crippen molar-refractivity contribution in [2.45, 2.75) is 6.42 Å². The van der Waals surface area contributed by atoms with E-state index in [1.807, 2.05) is 42.5 Å². The summed E-state index contributed by atoms with van der Waals surface area (Å²) >= 11 is 0. The van der Waals surface area contributed by atoms with Gasteiger partial charge in [0.05, 0.1) is 11.6 Å². The molecule has 20 heavy (non-hydrogen) atoms. The van der Waals surface area contributed by atoms with Crippen LogP contribution in [0.1, 0.15) is 16.8 Å². The molecule has 0 amide bonds. The highest BCUT2D eigenvalue weighted by molar-refractivity contribution is 5.84. The molecule has 2 N–H and O–H groups in total. The first-order valence-electron chi connectivity index (χ1n) is 6.50. The van der Waals surface area contributed by atoms with Gasteiger partial charge in [0, 0.05) is 35.8 Å². The normalized spacial score (nSPS) is 10.6. The van der Waals surface area contributed by atoms with Gasteiger partial charge >= 0.3 is 0 Å². The van der Waals surface area contributed by atoms with Gasteiger partial charge in [-0.05, 0) is 42.0 Å². The van der Waals surface area contributed by atoms with Gasteiger partial charge in [0.1, 0.15) is 0 Å². The maximum absolute atomic E-state index is 8.82. The van der Waals surface area contributed by atoms with Crippen molar-refractivity contribution in [2.24, 2.45) is 7.05 Å². The number of aromatic nitrogens is 1. The Morgan fingerprint density at radius 1 is 1.10 bits per heavy atom. The van der Waals surface area contributed by atoms with E-state index in [2.05, 4.69) is 23.8 Å². The maximum atomic E-state index is 8.82. The fourth-order valence-corrected chi connectivity index (χ4v) is 2.50. The van der Waals surface area contributed by atoms with E-state index < -0.39 is 0 Å². The molecular weight excluding hydrogens is 246 g/mol. The number of aryl methyl sites for hydroxylation is 1. The molecule has 0 fully saturated rings. The average molecular weight is 261 g/mol.